The maximum absolute atomic E-state index is 10.8. The molecule has 0 radical (unpaired) electrons. The van der Waals surface area contributed by atoms with Gasteiger partial charge in [-0.2, -0.15) is 0 Å². The second kappa shape index (κ2) is 3.92. The van der Waals surface area contributed by atoms with Gasteiger partial charge in [-0.3, -0.25) is 4.57 Å². The molecule has 0 aromatic heterocycles. The van der Waals surface area contributed by atoms with Crippen molar-refractivity contribution in [2.75, 3.05) is 12.4 Å². The zero-order valence-corrected chi connectivity index (χ0v) is 8.20. The molecule has 1 rings (SSSR count). The third-order valence-corrected chi connectivity index (χ3v) is 2.06. The summed E-state index contributed by atoms with van der Waals surface area (Å²) in [4.78, 5) is 8.84. The number of rotatable bonds is 3. The zero-order valence-electron chi connectivity index (χ0n) is 7.30. The van der Waals surface area contributed by atoms with Crippen molar-refractivity contribution in [3.8, 4) is 0 Å². The Morgan fingerprint density at radius 3 is 2.46 bits per heavy atom. The molecule has 0 aliphatic carbocycles. The SMILES string of the molecule is CP(=O)(O)OCc1ccc(N)cc1. The van der Waals surface area contributed by atoms with Crippen LogP contribution in [0.1, 0.15) is 5.56 Å². The lowest BCUT2D eigenvalue weighted by molar-refractivity contribution is 0.255. The molecular formula is C8H12NO3P. The van der Waals surface area contributed by atoms with E-state index in [1.165, 1.54) is 0 Å². The van der Waals surface area contributed by atoms with E-state index in [1.807, 2.05) is 0 Å². The molecule has 1 aromatic rings. The second-order valence-electron chi connectivity index (χ2n) is 2.82. The summed E-state index contributed by atoms with van der Waals surface area (Å²) in [7, 11) is -3.37. The fourth-order valence-corrected chi connectivity index (χ4v) is 1.20. The molecule has 3 N–H and O–H groups in total. The van der Waals surface area contributed by atoms with Crippen LogP contribution in [0.4, 0.5) is 5.69 Å². The standard InChI is InChI=1S/C8H12NO3P/c1-13(10,11)12-6-7-2-4-8(9)5-3-7/h2-5H,6,9H2,1H3,(H,10,11). The van der Waals surface area contributed by atoms with Crippen molar-refractivity contribution in [2.24, 2.45) is 0 Å². The van der Waals surface area contributed by atoms with E-state index in [0.29, 0.717) is 5.69 Å². The van der Waals surface area contributed by atoms with Gasteiger partial charge < -0.3 is 15.2 Å². The zero-order chi connectivity index (χ0) is 9.90. The van der Waals surface area contributed by atoms with Crippen LogP contribution >= 0.6 is 7.60 Å². The molecule has 1 unspecified atom stereocenters. The first-order valence-corrected chi connectivity index (χ1v) is 5.79. The molecule has 0 heterocycles. The van der Waals surface area contributed by atoms with Crippen molar-refractivity contribution in [3.63, 3.8) is 0 Å². The van der Waals surface area contributed by atoms with Gasteiger partial charge in [0.05, 0.1) is 6.61 Å². The van der Waals surface area contributed by atoms with Crippen LogP contribution in [0.2, 0.25) is 0 Å². The summed E-state index contributed by atoms with van der Waals surface area (Å²) < 4.78 is 15.5. The van der Waals surface area contributed by atoms with Gasteiger partial charge in [0.1, 0.15) is 0 Å². The fraction of sp³-hybridized carbons (Fsp3) is 0.250. The van der Waals surface area contributed by atoms with Crippen LogP contribution in [-0.4, -0.2) is 11.6 Å². The molecule has 1 aromatic carbocycles. The van der Waals surface area contributed by atoms with Gasteiger partial charge >= 0.3 is 7.60 Å². The highest BCUT2D eigenvalue weighted by Gasteiger charge is 2.09. The Labute approximate surface area is 76.9 Å². The largest absolute Gasteiger partial charge is 0.399 e. The van der Waals surface area contributed by atoms with E-state index >= 15 is 0 Å². The molecule has 0 spiro atoms. The van der Waals surface area contributed by atoms with Crippen LogP contribution in [0.5, 0.6) is 0 Å². The first kappa shape index (κ1) is 10.3. The van der Waals surface area contributed by atoms with Gasteiger partial charge in [-0.05, 0) is 17.7 Å². The van der Waals surface area contributed by atoms with Crippen molar-refractivity contribution >= 4 is 13.3 Å². The summed E-state index contributed by atoms with van der Waals surface area (Å²) in [6.45, 7) is 1.29. The number of hydrogen-bond donors (Lipinski definition) is 2. The summed E-state index contributed by atoms with van der Waals surface area (Å²) in [5.41, 5.74) is 6.95. The Balaban J connectivity index is 2.56. The second-order valence-corrected chi connectivity index (χ2v) is 4.68. The highest BCUT2D eigenvalue weighted by atomic mass is 31.2. The smallest absolute Gasteiger partial charge is 0.325 e. The van der Waals surface area contributed by atoms with E-state index in [2.05, 4.69) is 0 Å². The number of nitrogens with two attached hydrogens (primary N) is 1. The molecule has 72 valence electrons. The lowest BCUT2D eigenvalue weighted by Gasteiger charge is -2.06. The van der Waals surface area contributed by atoms with Gasteiger partial charge in [-0.15, -0.1) is 0 Å². The topological polar surface area (TPSA) is 72.5 Å². The van der Waals surface area contributed by atoms with Gasteiger partial charge in [-0.1, -0.05) is 12.1 Å². The van der Waals surface area contributed by atoms with Crippen LogP contribution < -0.4 is 5.73 Å². The van der Waals surface area contributed by atoms with Crippen molar-refractivity contribution < 1.29 is 14.0 Å². The normalized spacial score (nSPS) is 15.2. The van der Waals surface area contributed by atoms with Crippen LogP contribution in [0.25, 0.3) is 0 Å². The van der Waals surface area contributed by atoms with E-state index in [-0.39, 0.29) is 6.61 Å². The van der Waals surface area contributed by atoms with E-state index in [4.69, 9.17) is 15.2 Å². The van der Waals surface area contributed by atoms with Crippen LogP contribution in [-0.2, 0) is 15.7 Å². The van der Waals surface area contributed by atoms with Gasteiger partial charge in [0.2, 0.25) is 0 Å². The quantitative estimate of drug-likeness (QED) is 0.575. The minimum absolute atomic E-state index is 0.130. The number of anilines is 1. The van der Waals surface area contributed by atoms with Crippen molar-refractivity contribution in [3.05, 3.63) is 29.8 Å². The van der Waals surface area contributed by atoms with E-state index in [9.17, 15) is 4.57 Å². The number of benzene rings is 1. The number of hydrogen-bond acceptors (Lipinski definition) is 3. The lowest BCUT2D eigenvalue weighted by Crippen LogP contribution is -1.91. The Morgan fingerprint density at radius 1 is 1.46 bits per heavy atom. The van der Waals surface area contributed by atoms with Crippen molar-refractivity contribution in [1.82, 2.24) is 0 Å². The van der Waals surface area contributed by atoms with Gasteiger partial charge in [0, 0.05) is 12.4 Å². The third kappa shape index (κ3) is 4.08. The third-order valence-electron chi connectivity index (χ3n) is 1.45. The maximum atomic E-state index is 10.8. The minimum atomic E-state index is -3.37. The van der Waals surface area contributed by atoms with Crippen molar-refractivity contribution in [1.29, 1.82) is 0 Å². The molecular weight excluding hydrogens is 189 g/mol. The monoisotopic (exact) mass is 201 g/mol. The molecule has 0 fully saturated rings. The van der Waals surface area contributed by atoms with Crippen LogP contribution in [0.15, 0.2) is 24.3 Å². The molecule has 0 amide bonds. The first-order chi connectivity index (χ1) is 5.97. The average molecular weight is 201 g/mol. The molecule has 0 aliphatic rings. The van der Waals surface area contributed by atoms with Crippen LogP contribution in [0.3, 0.4) is 0 Å². The Hall–Kier alpha value is -0.830. The molecule has 5 heteroatoms. The average Bonchev–Trinajstić information content (AvgIpc) is 2.02. The fourth-order valence-electron chi connectivity index (χ4n) is 0.808. The highest BCUT2D eigenvalue weighted by Crippen LogP contribution is 2.37. The summed E-state index contributed by atoms with van der Waals surface area (Å²) >= 11 is 0. The summed E-state index contributed by atoms with van der Waals surface area (Å²) in [6, 6.07) is 6.95. The molecule has 0 aliphatic heterocycles. The predicted molar refractivity (Wildman–Crippen MR) is 51.4 cm³/mol. The Kier molecular flexibility index (Phi) is 3.09. The lowest BCUT2D eigenvalue weighted by atomic mass is 10.2. The van der Waals surface area contributed by atoms with Gasteiger partial charge in [0.15, 0.2) is 0 Å². The van der Waals surface area contributed by atoms with E-state index in [1.54, 1.807) is 24.3 Å². The Morgan fingerprint density at radius 2 is 2.00 bits per heavy atom. The van der Waals surface area contributed by atoms with Crippen LogP contribution in [0, 0.1) is 0 Å². The number of nitrogen functional groups attached to an aromatic ring is 1. The molecule has 1 atom stereocenters. The van der Waals surface area contributed by atoms with E-state index < -0.39 is 7.60 Å². The van der Waals surface area contributed by atoms with Gasteiger partial charge in [-0.25, -0.2) is 0 Å². The molecule has 0 saturated carbocycles. The van der Waals surface area contributed by atoms with Gasteiger partial charge in [0.25, 0.3) is 0 Å². The first-order valence-electron chi connectivity index (χ1n) is 3.76. The maximum Gasteiger partial charge on any atom is 0.325 e. The minimum Gasteiger partial charge on any atom is -0.399 e. The molecule has 13 heavy (non-hydrogen) atoms. The summed E-state index contributed by atoms with van der Waals surface area (Å²) in [5.74, 6) is 0. The Bertz CT molecular complexity index is 317. The molecule has 0 bridgehead atoms. The summed E-state index contributed by atoms with van der Waals surface area (Å²) in [5, 5.41) is 0. The predicted octanol–water partition coefficient (Wildman–Crippen LogP) is 1.60. The highest BCUT2D eigenvalue weighted by molar-refractivity contribution is 7.51. The van der Waals surface area contributed by atoms with Crippen molar-refractivity contribution in [2.45, 2.75) is 6.61 Å². The molecule has 4 nitrogen and oxygen atoms in total. The summed E-state index contributed by atoms with van der Waals surface area (Å²) in [6.07, 6.45) is 0. The molecule has 0 saturated heterocycles. The van der Waals surface area contributed by atoms with E-state index in [0.717, 1.165) is 12.2 Å².